The highest BCUT2D eigenvalue weighted by Crippen LogP contribution is 2.36. The Morgan fingerprint density at radius 2 is 1.59 bits per heavy atom. The first-order valence-corrected chi connectivity index (χ1v) is 7.88. The quantitative estimate of drug-likeness (QED) is 0.781. The van der Waals surface area contributed by atoms with E-state index in [9.17, 15) is 4.39 Å². The number of nitrogens with zero attached hydrogens (tertiary/aromatic N) is 1. The fraction of sp³-hybridized carbons (Fsp3) is 0.647. The van der Waals surface area contributed by atoms with Gasteiger partial charge in [-0.25, -0.2) is 4.39 Å². The van der Waals surface area contributed by atoms with Crippen LogP contribution in [0, 0.1) is 0 Å². The second-order valence-corrected chi connectivity index (χ2v) is 7.31. The van der Waals surface area contributed by atoms with E-state index in [-0.39, 0.29) is 18.3 Å². The van der Waals surface area contributed by atoms with Gasteiger partial charge in [-0.15, -0.1) is 0 Å². The van der Waals surface area contributed by atoms with E-state index in [1.807, 2.05) is 24.1 Å². The van der Waals surface area contributed by atoms with Crippen LogP contribution in [0.25, 0.3) is 0 Å². The van der Waals surface area contributed by atoms with Crippen LogP contribution in [-0.4, -0.2) is 43.0 Å². The van der Waals surface area contributed by atoms with E-state index in [2.05, 4.69) is 39.8 Å². The van der Waals surface area contributed by atoms with Crippen molar-refractivity contribution in [1.29, 1.82) is 0 Å². The highest BCUT2D eigenvalue weighted by Gasteiger charge is 2.51. The maximum absolute atomic E-state index is 13.0. The van der Waals surface area contributed by atoms with Crippen LogP contribution >= 0.6 is 0 Å². The molecule has 0 aromatic heterocycles. The molecule has 1 saturated heterocycles. The number of hydrogen-bond acceptors (Lipinski definition) is 3. The molecule has 3 nitrogen and oxygen atoms in total. The molecule has 1 fully saturated rings. The molecule has 1 aliphatic heterocycles. The topological polar surface area (TPSA) is 21.7 Å². The van der Waals surface area contributed by atoms with Gasteiger partial charge in [-0.2, -0.15) is 0 Å². The van der Waals surface area contributed by atoms with Gasteiger partial charge in [0.25, 0.3) is 0 Å². The summed E-state index contributed by atoms with van der Waals surface area (Å²) in [6.07, 6.45) is -0.811. The zero-order valence-electron chi connectivity index (χ0n) is 14.5. The average Bonchev–Trinajstić information content (AvgIpc) is 2.58. The van der Waals surface area contributed by atoms with Crippen LogP contribution < -0.4 is 5.46 Å². The number of hydrogen-bond donors (Lipinski definition) is 0. The highest BCUT2D eigenvalue weighted by molar-refractivity contribution is 6.62. The van der Waals surface area contributed by atoms with Crippen molar-refractivity contribution in [3.63, 3.8) is 0 Å². The van der Waals surface area contributed by atoms with Crippen molar-refractivity contribution in [2.45, 2.75) is 58.5 Å². The molecule has 5 heteroatoms. The van der Waals surface area contributed by atoms with Gasteiger partial charge in [0.2, 0.25) is 0 Å². The molecule has 1 aromatic carbocycles. The zero-order chi connectivity index (χ0) is 16.5. The second kappa shape index (κ2) is 6.30. The molecule has 1 heterocycles. The summed E-state index contributed by atoms with van der Waals surface area (Å²) in [4.78, 5) is 1.98. The second-order valence-electron chi connectivity index (χ2n) is 7.31. The van der Waals surface area contributed by atoms with E-state index in [4.69, 9.17) is 9.31 Å². The highest BCUT2D eigenvalue weighted by atomic mass is 19.1. The number of rotatable bonds is 5. The van der Waals surface area contributed by atoms with Crippen LogP contribution in [0.15, 0.2) is 24.3 Å². The van der Waals surface area contributed by atoms with Gasteiger partial charge in [0.1, 0.15) is 6.17 Å². The molecule has 0 N–H and O–H groups in total. The predicted molar refractivity (Wildman–Crippen MR) is 89.1 cm³/mol. The summed E-state index contributed by atoms with van der Waals surface area (Å²) in [5.41, 5.74) is 1.52. The lowest BCUT2D eigenvalue weighted by Crippen LogP contribution is -2.41. The Labute approximate surface area is 133 Å². The average molecular weight is 307 g/mol. The molecular formula is C17H27BFNO2. The first-order chi connectivity index (χ1) is 10.1. The van der Waals surface area contributed by atoms with Crippen LogP contribution in [0.5, 0.6) is 0 Å². The smallest absolute Gasteiger partial charge is 0.399 e. The molecule has 0 radical (unpaired) electrons. The van der Waals surface area contributed by atoms with Gasteiger partial charge in [-0.05, 0) is 52.7 Å². The Hall–Kier alpha value is -0.905. The molecule has 0 aliphatic carbocycles. The van der Waals surface area contributed by atoms with Crippen LogP contribution in [-0.2, 0) is 15.9 Å². The third-order valence-corrected chi connectivity index (χ3v) is 4.52. The van der Waals surface area contributed by atoms with Gasteiger partial charge in [0.15, 0.2) is 0 Å². The lowest BCUT2D eigenvalue weighted by Gasteiger charge is -2.32. The number of halogens is 1. The molecule has 1 aromatic rings. The van der Waals surface area contributed by atoms with E-state index >= 15 is 0 Å². The molecule has 0 unspecified atom stereocenters. The van der Waals surface area contributed by atoms with Gasteiger partial charge in [-0.1, -0.05) is 24.3 Å². The lowest BCUT2D eigenvalue weighted by molar-refractivity contribution is 0.00578. The van der Waals surface area contributed by atoms with Gasteiger partial charge < -0.3 is 9.31 Å². The summed E-state index contributed by atoms with van der Waals surface area (Å²) < 4.78 is 25.1. The zero-order valence-corrected chi connectivity index (χ0v) is 14.5. The van der Waals surface area contributed by atoms with E-state index in [1.165, 1.54) is 0 Å². The first-order valence-electron chi connectivity index (χ1n) is 7.88. The molecule has 0 amide bonds. The van der Waals surface area contributed by atoms with Crippen molar-refractivity contribution >= 4 is 12.6 Å². The molecule has 0 bridgehead atoms. The van der Waals surface area contributed by atoms with Crippen LogP contribution in [0.4, 0.5) is 4.39 Å². The predicted octanol–water partition coefficient (Wildman–Crippen LogP) is 2.78. The fourth-order valence-electron chi connectivity index (χ4n) is 2.57. The van der Waals surface area contributed by atoms with Crippen molar-refractivity contribution in [3.05, 3.63) is 29.8 Å². The summed E-state index contributed by atoms with van der Waals surface area (Å²) in [7, 11) is 1.60. The van der Waals surface area contributed by atoms with Crippen molar-refractivity contribution in [2.24, 2.45) is 0 Å². The van der Waals surface area contributed by atoms with Gasteiger partial charge in [0.05, 0.1) is 11.2 Å². The standard InChI is InChI=1S/C17H27BFNO2/c1-13(19)11-20(6)12-14-7-9-15(10-8-14)18-21-16(2,3)17(4,5)22-18/h7-10,13H,11-12H2,1-6H3/t13-/m0/s1. The summed E-state index contributed by atoms with van der Waals surface area (Å²) >= 11 is 0. The molecule has 122 valence electrons. The minimum absolute atomic E-state index is 0.326. The van der Waals surface area contributed by atoms with Crippen molar-refractivity contribution in [2.75, 3.05) is 13.6 Å². The summed E-state index contributed by atoms with van der Waals surface area (Å²) in [6.45, 7) is 11.0. The Bertz CT molecular complexity index is 486. The summed E-state index contributed by atoms with van der Waals surface area (Å²) in [5.74, 6) is 0. The number of benzene rings is 1. The Morgan fingerprint density at radius 3 is 2.05 bits per heavy atom. The van der Waals surface area contributed by atoms with Crippen molar-refractivity contribution in [3.8, 4) is 0 Å². The van der Waals surface area contributed by atoms with Crippen LogP contribution in [0.1, 0.15) is 40.2 Å². The van der Waals surface area contributed by atoms with Gasteiger partial charge in [-0.3, -0.25) is 4.90 Å². The lowest BCUT2D eigenvalue weighted by atomic mass is 9.79. The molecule has 1 aliphatic rings. The third kappa shape index (κ3) is 3.89. The SMILES string of the molecule is C[C@H](F)CN(C)Cc1ccc(B2OC(C)(C)C(C)(C)O2)cc1. The summed E-state index contributed by atoms with van der Waals surface area (Å²) in [6, 6.07) is 8.17. The van der Waals surface area contributed by atoms with E-state index in [0.29, 0.717) is 6.54 Å². The van der Waals surface area contributed by atoms with Gasteiger partial charge in [0, 0.05) is 13.1 Å². The molecular weight excluding hydrogens is 280 g/mol. The minimum Gasteiger partial charge on any atom is -0.399 e. The molecule has 22 heavy (non-hydrogen) atoms. The molecule has 1 atom stereocenters. The third-order valence-electron chi connectivity index (χ3n) is 4.52. The van der Waals surface area contributed by atoms with E-state index < -0.39 is 6.17 Å². The maximum Gasteiger partial charge on any atom is 0.494 e. The van der Waals surface area contributed by atoms with Crippen LogP contribution in [0.3, 0.4) is 0 Å². The Balaban J connectivity index is 2.01. The van der Waals surface area contributed by atoms with Gasteiger partial charge >= 0.3 is 7.12 Å². The van der Waals surface area contributed by atoms with Crippen LogP contribution in [0.2, 0.25) is 0 Å². The van der Waals surface area contributed by atoms with Crippen molar-refractivity contribution in [1.82, 2.24) is 4.90 Å². The molecule has 0 spiro atoms. The largest absolute Gasteiger partial charge is 0.494 e. The first kappa shape index (κ1) is 17.4. The summed E-state index contributed by atoms with van der Waals surface area (Å²) in [5, 5.41) is 0. The van der Waals surface area contributed by atoms with E-state index in [1.54, 1.807) is 6.92 Å². The number of alkyl halides is 1. The normalized spacial score (nSPS) is 21.4. The Morgan fingerprint density at radius 1 is 1.09 bits per heavy atom. The monoisotopic (exact) mass is 307 g/mol. The Kier molecular flexibility index (Phi) is 5.00. The fourth-order valence-corrected chi connectivity index (χ4v) is 2.57. The maximum atomic E-state index is 13.0. The van der Waals surface area contributed by atoms with E-state index in [0.717, 1.165) is 17.6 Å². The molecule has 0 saturated carbocycles. The van der Waals surface area contributed by atoms with Crippen molar-refractivity contribution < 1.29 is 13.7 Å². The molecule has 2 rings (SSSR count). The minimum atomic E-state index is -0.811.